The molecule has 0 radical (unpaired) electrons. The van der Waals surface area contributed by atoms with Gasteiger partial charge in [-0.3, -0.25) is 0 Å². The van der Waals surface area contributed by atoms with E-state index in [-0.39, 0.29) is 0 Å². The van der Waals surface area contributed by atoms with Gasteiger partial charge < -0.3 is 9.47 Å². The van der Waals surface area contributed by atoms with Gasteiger partial charge in [-0.1, -0.05) is 31.9 Å². The summed E-state index contributed by atoms with van der Waals surface area (Å²) in [5, 5.41) is 0. The molecule has 0 aliphatic heterocycles. The third-order valence-electron chi connectivity index (χ3n) is 2.07. The Morgan fingerprint density at radius 1 is 1.00 bits per heavy atom. The van der Waals surface area contributed by atoms with Gasteiger partial charge in [-0.25, -0.2) is 9.59 Å². The van der Waals surface area contributed by atoms with Gasteiger partial charge in [-0.05, 0) is 0 Å². The van der Waals surface area contributed by atoms with E-state index in [0.717, 1.165) is 12.2 Å². The maximum Gasteiger partial charge on any atom is 0.330 e. The molecular formula is C14H18O4. The van der Waals surface area contributed by atoms with Crippen LogP contribution in [0.4, 0.5) is 0 Å². The predicted octanol–water partition coefficient (Wildman–Crippen LogP) is 2.33. The van der Waals surface area contributed by atoms with Crippen LogP contribution < -0.4 is 0 Å². The van der Waals surface area contributed by atoms with Gasteiger partial charge in [-0.2, -0.15) is 0 Å². The SMILES string of the molecule is C=CCC(CC(C=C)OC(=O)C=C)OC(=O)C=C. The smallest absolute Gasteiger partial charge is 0.330 e. The van der Waals surface area contributed by atoms with E-state index >= 15 is 0 Å². The van der Waals surface area contributed by atoms with Gasteiger partial charge in [0.05, 0.1) is 0 Å². The van der Waals surface area contributed by atoms with Crippen molar-refractivity contribution >= 4 is 11.9 Å². The van der Waals surface area contributed by atoms with Crippen molar-refractivity contribution in [3.63, 3.8) is 0 Å². The fraction of sp³-hybridized carbons (Fsp3) is 0.286. The molecule has 0 rings (SSSR count). The van der Waals surface area contributed by atoms with E-state index in [0.29, 0.717) is 12.8 Å². The number of hydrogen-bond donors (Lipinski definition) is 0. The molecule has 2 unspecified atom stereocenters. The molecule has 4 nitrogen and oxygen atoms in total. The summed E-state index contributed by atoms with van der Waals surface area (Å²) in [7, 11) is 0. The van der Waals surface area contributed by atoms with Gasteiger partial charge in [0, 0.05) is 25.0 Å². The first-order valence-corrected chi connectivity index (χ1v) is 5.46. The highest BCUT2D eigenvalue weighted by Crippen LogP contribution is 2.12. The van der Waals surface area contributed by atoms with Crippen molar-refractivity contribution in [3.05, 3.63) is 50.6 Å². The highest BCUT2D eigenvalue weighted by Gasteiger charge is 2.18. The van der Waals surface area contributed by atoms with E-state index < -0.39 is 24.1 Å². The molecule has 18 heavy (non-hydrogen) atoms. The highest BCUT2D eigenvalue weighted by molar-refractivity contribution is 5.81. The van der Waals surface area contributed by atoms with E-state index in [1.807, 2.05) is 0 Å². The molecule has 0 N–H and O–H groups in total. The Morgan fingerprint density at radius 2 is 1.56 bits per heavy atom. The summed E-state index contributed by atoms with van der Waals surface area (Å²) in [5.74, 6) is -1.08. The van der Waals surface area contributed by atoms with Crippen molar-refractivity contribution in [2.24, 2.45) is 0 Å². The average molecular weight is 250 g/mol. The summed E-state index contributed by atoms with van der Waals surface area (Å²) in [6, 6.07) is 0. The molecule has 0 heterocycles. The summed E-state index contributed by atoms with van der Waals surface area (Å²) in [5.41, 5.74) is 0. The van der Waals surface area contributed by atoms with Crippen molar-refractivity contribution < 1.29 is 19.1 Å². The number of carbonyl (C=O) groups excluding carboxylic acids is 2. The van der Waals surface area contributed by atoms with Crippen LogP contribution >= 0.6 is 0 Å². The molecule has 0 aromatic rings. The van der Waals surface area contributed by atoms with Gasteiger partial charge in [0.2, 0.25) is 0 Å². The fourth-order valence-corrected chi connectivity index (χ4v) is 1.24. The van der Waals surface area contributed by atoms with E-state index in [2.05, 4.69) is 26.3 Å². The second-order valence-corrected chi connectivity index (χ2v) is 3.44. The fourth-order valence-electron chi connectivity index (χ4n) is 1.24. The van der Waals surface area contributed by atoms with E-state index in [4.69, 9.17) is 9.47 Å². The standard InChI is InChI=1S/C14H18O4/c1-5-9-12(18-14(16)8-4)10-11(6-2)17-13(15)7-3/h5-8,11-12H,1-4,9-10H2. The van der Waals surface area contributed by atoms with Crippen LogP contribution in [0.25, 0.3) is 0 Å². The third kappa shape index (κ3) is 6.48. The van der Waals surface area contributed by atoms with Crippen LogP contribution in [0.1, 0.15) is 12.8 Å². The zero-order valence-electron chi connectivity index (χ0n) is 10.3. The monoisotopic (exact) mass is 250 g/mol. The minimum absolute atomic E-state index is 0.314. The molecule has 0 aromatic carbocycles. The highest BCUT2D eigenvalue weighted by atomic mass is 16.6. The number of carbonyl (C=O) groups is 2. The Hall–Kier alpha value is -2.10. The van der Waals surface area contributed by atoms with Gasteiger partial charge in [-0.15, -0.1) is 6.58 Å². The van der Waals surface area contributed by atoms with Crippen LogP contribution in [0.5, 0.6) is 0 Å². The molecule has 0 bridgehead atoms. The van der Waals surface area contributed by atoms with E-state index in [1.54, 1.807) is 6.08 Å². The minimum Gasteiger partial charge on any atom is -0.459 e. The lowest BCUT2D eigenvalue weighted by Crippen LogP contribution is -2.25. The Balaban J connectivity index is 4.50. The van der Waals surface area contributed by atoms with Gasteiger partial charge in [0.25, 0.3) is 0 Å². The first-order chi connectivity index (χ1) is 8.57. The van der Waals surface area contributed by atoms with Crippen molar-refractivity contribution in [1.29, 1.82) is 0 Å². The van der Waals surface area contributed by atoms with Crippen molar-refractivity contribution in [2.75, 3.05) is 0 Å². The number of ether oxygens (including phenoxy) is 2. The van der Waals surface area contributed by atoms with E-state index in [1.165, 1.54) is 6.08 Å². The first kappa shape index (κ1) is 15.9. The molecule has 4 heteroatoms. The Labute approximate surface area is 107 Å². The minimum atomic E-state index is -0.549. The summed E-state index contributed by atoms with van der Waals surface area (Å²) < 4.78 is 10.1. The topological polar surface area (TPSA) is 52.6 Å². The quantitative estimate of drug-likeness (QED) is 0.358. The molecule has 0 spiro atoms. The maximum absolute atomic E-state index is 11.1. The molecule has 0 saturated heterocycles. The third-order valence-corrected chi connectivity index (χ3v) is 2.07. The van der Waals surface area contributed by atoms with Crippen LogP contribution in [0.2, 0.25) is 0 Å². The van der Waals surface area contributed by atoms with Crippen molar-refractivity contribution in [2.45, 2.75) is 25.0 Å². The lowest BCUT2D eigenvalue weighted by Gasteiger charge is -2.20. The van der Waals surface area contributed by atoms with Crippen molar-refractivity contribution in [1.82, 2.24) is 0 Å². The maximum atomic E-state index is 11.1. The Morgan fingerprint density at radius 3 is 2.00 bits per heavy atom. The molecular weight excluding hydrogens is 232 g/mol. The second kappa shape index (κ2) is 8.98. The second-order valence-electron chi connectivity index (χ2n) is 3.44. The zero-order valence-corrected chi connectivity index (χ0v) is 10.3. The number of rotatable bonds is 9. The summed E-state index contributed by atoms with van der Waals surface area (Å²) in [4.78, 5) is 22.2. The van der Waals surface area contributed by atoms with Gasteiger partial charge in [0.1, 0.15) is 12.2 Å². The number of hydrogen-bond acceptors (Lipinski definition) is 4. The lowest BCUT2D eigenvalue weighted by atomic mass is 10.1. The Bertz CT molecular complexity index is 344. The first-order valence-electron chi connectivity index (χ1n) is 5.46. The molecule has 0 aliphatic rings. The molecule has 98 valence electrons. The summed E-state index contributed by atoms with van der Waals surface area (Å²) >= 11 is 0. The van der Waals surface area contributed by atoms with Gasteiger partial charge >= 0.3 is 11.9 Å². The Kier molecular flexibility index (Phi) is 7.94. The summed E-state index contributed by atoms with van der Waals surface area (Å²) in [6.45, 7) is 13.8. The van der Waals surface area contributed by atoms with Crippen LogP contribution in [-0.4, -0.2) is 24.1 Å². The van der Waals surface area contributed by atoms with Gasteiger partial charge in [0.15, 0.2) is 0 Å². The predicted molar refractivity (Wildman–Crippen MR) is 69.8 cm³/mol. The molecule has 0 saturated carbocycles. The number of esters is 2. The molecule has 0 fully saturated rings. The van der Waals surface area contributed by atoms with Crippen LogP contribution in [0, 0.1) is 0 Å². The average Bonchev–Trinajstić information content (AvgIpc) is 2.37. The van der Waals surface area contributed by atoms with Crippen LogP contribution in [-0.2, 0) is 19.1 Å². The zero-order chi connectivity index (χ0) is 14.0. The lowest BCUT2D eigenvalue weighted by molar-refractivity contribution is -0.147. The van der Waals surface area contributed by atoms with Crippen molar-refractivity contribution in [3.8, 4) is 0 Å². The normalized spacial score (nSPS) is 12.7. The molecule has 2 atom stereocenters. The van der Waals surface area contributed by atoms with E-state index in [9.17, 15) is 9.59 Å². The molecule has 0 aliphatic carbocycles. The molecule has 0 aromatic heterocycles. The molecule has 0 amide bonds. The van der Waals surface area contributed by atoms with Crippen LogP contribution in [0.15, 0.2) is 50.6 Å². The van der Waals surface area contributed by atoms with Crippen LogP contribution in [0.3, 0.4) is 0 Å². The summed E-state index contributed by atoms with van der Waals surface area (Å²) in [6.07, 6.45) is 5.02. The largest absolute Gasteiger partial charge is 0.459 e.